The lowest BCUT2D eigenvalue weighted by molar-refractivity contribution is -0.120. The Morgan fingerprint density at radius 2 is 1.61 bits per heavy atom. The van der Waals surface area contributed by atoms with Crippen molar-refractivity contribution in [1.82, 2.24) is 4.31 Å². The van der Waals surface area contributed by atoms with Crippen molar-refractivity contribution < 1.29 is 17.9 Å². The van der Waals surface area contributed by atoms with Crippen LogP contribution in [0.25, 0.3) is 10.8 Å². The lowest BCUT2D eigenvalue weighted by Crippen LogP contribution is -2.43. The number of hydrogen-bond acceptors (Lipinski definition) is 4. The predicted octanol–water partition coefficient (Wildman–Crippen LogP) is 5.46. The molecule has 36 heavy (non-hydrogen) atoms. The van der Waals surface area contributed by atoms with Gasteiger partial charge in [-0.05, 0) is 65.6 Å². The average molecular weight is 501 g/mol. The van der Waals surface area contributed by atoms with E-state index < -0.39 is 15.9 Å². The molecule has 1 amide bonds. The maximum absolute atomic E-state index is 13.3. The van der Waals surface area contributed by atoms with E-state index in [0.717, 1.165) is 16.3 Å². The normalized spacial score (nSPS) is 16.5. The fourth-order valence-corrected chi connectivity index (χ4v) is 6.03. The lowest BCUT2D eigenvalue weighted by Gasteiger charge is -2.31. The molecule has 0 bridgehead atoms. The summed E-state index contributed by atoms with van der Waals surface area (Å²) in [6, 6.07) is 30.0. The van der Waals surface area contributed by atoms with Gasteiger partial charge in [0.1, 0.15) is 12.4 Å². The first kappa shape index (κ1) is 24.0. The predicted molar refractivity (Wildman–Crippen MR) is 141 cm³/mol. The Kier molecular flexibility index (Phi) is 7.02. The van der Waals surface area contributed by atoms with Crippen LogP contribution in [0.1, 0.15) is 18.4 Å². The highest BCUT2D eigenvalue weighted by Crippen LogP contribution is 2.27. The molecule has 0 aromatic heterocycles. The number of carbonyl (C=O) groups is 1. The van der Waals surface area contributed by atoms with Crippen LogP contribution in [0.5, 0.6) is 5.75 Å². The van der Waals surface area contributed by atoms with E-state index in [0.29, 0.717) is 37.4 Å². The number of hydrogen-bond donors (Lipinski definition) is 1. The number of nitrogens with one attached hydrogen (secondary N) is 1. The number of amides is 1. The molecule has 0 aliphatic carbocycles. The molecule has 4 aromatic carbocycles. The highest BCUT2D eigenvalue weighted by molar-refractivity contribution is 7.89. The molecule has 5 rings (SSSR count). The van der Waals surface area contributed by atoms with E-state index in [2.05, 4.69) is 5.32 Å². The van der Waals surface area contributed by atoms with Crippen LogP contribution in [0.3, 0.4) is 0 Å². The number of rotatable bonds is 7. The van der Waals surface area contributed by atoms with Gasteiger partial charge in [-0.25, -0.2) is 8.42 Å². The monoisotopic (exact) mass is 500 g/mol. The second-order valence-electron chi connectivity index (χ2n) is 9.00. The van der Waals surface area contributed by atoms with E-state index in [1.54, 1.807) is 24.3 Å². The molecule has 1 aliphatic rings. The van der Waals surface area contributed by atoms with Crippen molar-refractivity contribution >= 4 is 32.4 Å². The fraction of sp³-hybridized carbons (Fsp3) is 0.207. The van der Waals surface area contributed by atoms with Crippen LogP contribution in [0.2, 0.25) is 0 Å². The Bertz CT molecular complexity index is 1450. The minimum Gasteiger partial charge on any atom is -0.489 e. The molecule has 1 atom stereocenters. The van der Waals surface area contributed by atoms with Crippen molar-refractivity contribution in [3.63, 3.8) is 0 Å². The lowest BCUT2D eigenvalue weighted by atomic mass is 9.99. The number of fused-ring (bicyclic) bond motifs is 1. The van der Waals surface area contributed by atoms with Crippen molar-refractivity contribution in [3.8, 4) is 5.75 Å². The van der Waals surface area contributed by atoms with E-state index in [1.165, 1.54) is 4.31 Å². The number of benzene rings is 4. The number of piperidine rings is 1. The minimum absolute atomic E-state index is 0.166. The molecule has 0 saturated carbocycles. The van der Waals surface area contributed by atoms with Gasteiger partial charge in [-0.1, -0.05) is 60.7 Å². The van der Waals surface area contributed by atoms with Gasteiger partial charge in [-0.3, -0.25) is 4.79 Å². The van der Waals surface area contributed by atoms with E-state index in [1.807, 2.05) is 72.8 Å². The number of ether oxygens (including phenoxy) is 1. The Labute approximate surface area is 211 Å². The van der Waals surface area contributed by atoms with Crippen molar-refractivity contribution in [2.75, 3.05) is 18.4 Å². The van der Waals surface area contributed by atoms with Gasteiger partial charge in [0.05, 0.1) is 10.8 Å². The third-order valence-electron chi connectivity index (χ3n) is 6.48. The summed E-state index contributed by atoms with van der Waals surface area (Å²) in [4.78, 5) is 13.2. The molecule has 1 N–H and O–H groups in total. The van der Waals surface area contributed by atoms with Crippen molar-refractivity contribution in [2.24, 2.45) is 5.92 Å². The summed E-state index contributed by atoms with van der Waals surface area (Å²) in [7, 11) is -3.69. The largest absolute Gasteiger partial charge is 0.489 e. The molecule has 0 unspecified atom stereocenters. The van der Waals surface area contributed by atoms with E-state index >= 15 is 0 Å². The van der Waals surface area contributed by atoms with Gasteiger partial charge in [-0.2, -0.15) is 4.31 Å². The van der Waals surface area contributed by atoms with Gasteiger partial charge in [0.2, 0.25) is 15.9 Å². The van der Waals surface area contributed by atoms with E-state index in [-0.39, 0.29) is 17.3 Å². The van der Waals surface area contributed by atoms with E-state index in [4.69, 9.17) is 4.74 Å². The maximum Gasteiger partial charge on any atom is 0.243 e. The Morgan fingerprint density at radius 1 is 0.889 bits per heavy atom. The number of anilines is 1. The highest BCUT2D eigenvalue weighted by atomic mass is 32.2. The Morgan fingerprint density at radius 3 is 2.39 bits per heavy atom. The number of sulfonamides is 1. The topological polar surface area (TPSA) is 75.7 Å². The van der Waals surface area contributed by atoms with Crippen LogP contribution in [0.4, 0.5) is 5.69 Å². The second-order valence-corrected chi connectivity index (χ2v) is 10.9. The summed E-state index contributed by atoms with van der Waals surface area (Å²) in [5.41, 5.74) is 1.73. The standard InChI is InChI=1S/C29H28N2O4S/c32-29(30-26-13-15-27(16-14-26)35-21-22-7-2-1-3-8-22)25-11-6-18-31(20-25)36(33,34)28-17-12-23-9-4-5-10-24(23)19-28/h1-5,7-10,12-17,19,25H,6,11,18,20-21H2,(H,30,32)/t25-/m0/s1. The minimum atomic E-state index is -3.69. The first-order valence-electron chi connectivity index (χ1n) is 12.1. The zero-order valence-corrected chi connectivity index (χ0v) is 20.7. The molecule has 1 saturated heterocycles. The molecule has 1 heterocycles. The first-order chi connectivity index (χ1) is 17.5. The fourth-order valence-electron chi connectivity index (χ4n) is 4.47. The van der Waals surface area contributed by atoms with Gasteiger partial charge in [0.25, 0.3) is 0 Å². The zero-order chi connectivity index (χ0) is 25.0. The summed E-state index contributed by atoms with van der Waals surface area (Å²) in [5, 5.41) is 4.80. The van der Waals surface area contributed by atoms with Crippen molar-refractivity contribution in [2.45, 2.75) is 24.3 Å². The van der Waals surface area contributed by atoms with Gasteiger partial charge in [0.15, 0.2) is 0 Å². The summed E-state index contributed by atoms with van der Waals surface area (Å²) in [5.74, 6) is 0.122. The third kappa shape index (κ3) is 5.42. The number of carbonyl (C=O) groups excluding carboxylic acids is 1. The van der Waals surface area contributed by atoms with Crippen molar-refractivity contribution in [3.05, 3.63) is 103 Å². The van der Waals surface area contributed by atoms with E-state index in [9.17, 15) is 13.2 Å². The van der Waals surface area contributed by atoms with Gasteiger partial charge < -0.3 is 10.1 Å². The van der Waals surface area contributed by atoms with Crippen LogP contribution in [-0.2, 0) is 21.4 Å². The second kappa shape index (κ2) is 10.5. The molecule has 1 fully saturated rings. The molecule has 4 aromatic rings. The quantitative estimate of drug-likeness (QED) is 0.366. The Balaban J connectivity index is 1.21. The van der Waals surface area contributed by atoms with Crippen LogP contribution in [0.15, 0.2) is 102 Å². The summed E-state index contributed by atoms with van der Waals surface area (Å²) >= 11 is 0. The molecule has 6 nitrogen and oxygen atoms in total. The molecule has 0 spiro atoms. The van der Waals surface area contributed by atoms with Crippen LogP contribution in [0, 0.1) is 5.92 Å². The van der Waals surface area contributed by atoms with Crippen LogP contribution in [-0.4, -0.2) is 31.7 Å². The van der Waals surface area contributed by atoms with Gasteiger partial charge >= 0.3 is 0 Å². The van der Waals surface area contributed by atoms with Gasteiger partial charge in [-0.15, -0.1) is 0 Å². The number of nitrogens with zero attached hydrogens (tertiary/aromatic N) is 1. The summed E-state index contributed by atoms with van der Waals surface area (Å²) in [6.45, 7) is 1.04. The molecular weight excluding hydrogens is 472 g/mol. The third-order valence-corrected chi connectivity index (χ3v) is 8.34. The molecule has 184 valence electrons. The first-order valence-corrected chi connectivity index (χ1v) is 13.5. The summed E-state index contributed by atoms with van der Waals surface area (Å²) < 4.78 is 33.9. The summed E-state index contributed by atoms with van der Waals surface area (Å²) in [6.07, 6.45) is 1.28. The molecule has 1 aliphatic heterocycles. The maximum atomic E-state index is 13.3. The van der Waals surface area contributed by atoms with Crippen LogP contribution >= 0.6 is 0 Å². The smallest absolute Gasteiger partial charge is 0.243 e. The Hall–Kier alpha value is -3.68. The average Bonchev–Trinajstić information content (AvgIpc) is 2.93. The van der Waals surface area contributed by atoms with Crippen molar-refractivity contribution in [1.29, 1.82) is 0 Å². The molecule has 0 radical (unpaired) electrons. The molecule has 7 heteroatoms. The van der Waals surface area contributed by atoms with Gasteiger partial charge in [0, 0.05) is 18.8 Å². The van der Waals surface area contributed by atoms with Crippen LogP contribution < -0.4 is 10.1 Å². The SMILES string of the molecule is O=C(Nc1ccc(OCc2ccccc2)cc1)[C@H]1CCCN(S(=O)(=O)c2ccc3ccccc3c2)C1. The highest BCUT2D eigenvalue weighted by Gasteiger charge is 2.33. The zero-order valence-electron chi connectivity index (χ0n) is 19.8. The molecular formula is C29H28N2O4S.